The van der Waals surface area contributed by atoms with Crippen molar-refractivity contribution in [3.8, 4) is 0 Å². The van der Waals surface area contributed by atoms with Crippen LogP contribution in [0, 0.1) is 17.8 Å². The van der Waals surface area contributed by atoms with Gasteiger partial charge in [-0.1, -0.05) is 37.6 Å². The molecule has 2 N–H and O–H groups in total. The summed E-state index contributed by atoms with van der Waals surface area (Å²) in [6.07, 6.45) is 5.27. The van der Waals surface area contributed by atoms with E-state index in [0.717, 1.165) is 0 Å². The molecule has 1 aromatic rings. The first-order valence-electron chi connectivity index (χ1n) is 10.1. The molecule has 0 bridgehead atoms. The highest BCUT2D eigenvalue weighted by Gasteiger charge is 2.51. The van der Waals surface area contributed by atoms with Crippen LogP contribution in [-0.2, 0) is 19.2 Å². The number of rotatable bonds is 6. The van der Waals surface area contributed by atoms with E-state index in [1.807, 2.05) is 26.0 Å². The Kier molecular flexibility index (Phi) is 6.61. The molecule has 1 saturated heterocycles. The van der Waals surface area contributed by atoms with Gasteiger partial charge in [-0.05, 0) is 43.4 Å². The lowest BCUT2D eigenvalue weighted by molar-refractivity contribution is -0.147. The molecule has 8 heteroatoms. The molecule has 1 aliphatic carbocycles. The van der Waals surface area contributed by atoms with Crippen molar-refractivity contribution in [2.24, 2.45) is 17.8 Å². The van der Waals surface area contributed by atoms with E-state index >= 15 is 0 Å². The fourth-order valence-electron chi connectivity index (χ4n) is 4.02. The summed E-state index contributed by atoms with van der Waals surface area (Å²) in [5, 5.41) is 5.64. The summed E-state index contributed by atoms with van der Waals surface area (Å²) < 4.78 is 0. The Balaban J connectivity index is 1.81. The second-order valence-corrected chi connectivity index (χ2v) is 8.62. The van der Waals surface area contributed by atoms with Gasteiger partial charge in [-0.3, -0.25) is 24.1 Å². The number of allylic oxidation sites excluding steroid dienone is 2. The molecule has 1 aromatic carbocycles. The molecule has 1 heterocycles. The molecule has 1 aliphatic heterocycles. The summed E-state index contributed by atoms with van der Waals surface area (Å²) in [4.78, 5) is 51.4. The summed E-state index contributed by atoms with van der Waals surface area (Å²) in [5.74, 6) is -1.88. The SMILES string of the molecule is CC(=O)Nc1ccc(NC(=O)C(CC(C)C)N2C(=O)C3CC=CCC3C2=O)cc1Cl. The molecule has 2 aliphatic rings. The van der Waals surface area contributed by atoms with Gasteiger partial charge in [0.1, 0.15) is 6.04 Å². The highest BCUT2D eigenvalue weighted by Crippen LogP contribution is 2.37. The minimum absolute atomic E-state index is 0.104. The van der Waals surface area contributed by atoms with Gasteiger partial charge in [0.25, 0.3) is 0 Å². The van der Waals surface area contributed by atoms with Crippen LogP contribution in [0.4, 0.5) is 11.4 Å². The summed E-state index contributed by atoms with van der Waals surface area (Å²) in [6.45, 7) is 5.26. The molecule has 0 aromatic heterocycles. The molecule has 0 spiro atoms. The van der Waals surface area contributed by atoms with Gasteiger partial charge in [0.2, 0.25) is 23.6 Å². The molecule has 30 heavy (non-hydrogen) atoms. The number of likely N-dealkylation sites (tertiary alicyclic amines) is 1. The van der Waals surface area contributed by atoms with Gasteiger partial charge in [-0.15, -0.1) is 0 Å². The van der Waals surface area contributed by atoms with Crippen LogP contribution in [0.25, 0.3) is 0 Å². The van der Waals surface area contributed by atoms with Crippen molar-refractivity contribution in [2.75, 3.05) is 10.6 Å². The lowest BCUT2D eigenvalue weighted by Gasteiger charge is -2.27. The van der Waals surface area contributed by atoms with Crippen molar-refractivity contribution < 1.29 is 19.2 Å². The molecule has 160 valence electrons. The number of halogens is 1. The zero-order chi connectivity index (χ0) is 22.0. The van der Waals surface area contributed by atoms with E-state index in [1.165, 1.54) is 17.9 Å². The minimum atomic E-state index is -0.885. The van der Waals surface area contributed by atoms with E-state index in [0.29, 0.717) is 30.6 Å². The normalized spacial score (nSPS) is 21.6. The molecule has 3 rings (SSSR count). The number of hydrogen-bond donors (Lipinski definition) is 2. The van der Waals surface area contributed by atoms with Gasteiger partial charge in [-0.25, -0.2) is 0 Å². The predicted octanol–water partition coefficient (Wildman–Crippen LogP) is 3.60. The number of hydrogen-bond acceptors (Lipinski definition) is 4. The molecular weight excluding hydrogens is 406 g/mol. The third kappa shape index (κ3) is 4.56. The highest BCUT2D eigenvalue weighted by atomic mass is 35.5. The molecule has 1 fully saturated rings. The maximum Gasteiger partial charge on any atom is 0.247 e. The summed E-state index contributed by atoms with van der Waals surface area (Å²) >= 11 is 6.19. The monoisotopic (exact) mass is 431 g/mol. The van der Waals surface area contributed by atoms with Gasteiger partial charge in [0.15, 0.2) is 0 Å². The lowest BCUT2D eigenvalue weighted by atomic mass is 9.85. The van der Waals surface area contributed by atoms with Crippen LogP contribution in [0.1, 0.15) is 40.0 Å². The summed E-state index contributed by atoms with van der Waals surface area (Å²) in [7, 11) is 0. The van der Waals surface area contributed by atoms with Crippen molar-refractivity contribution in [3.63, 3.8) is 0 Å². The van der Waals surface area contributed by atoms with Crippen LogP contribution in [0.2, 0.25) is 5.02 Å². The smallest absolute Gasteiger partial charge is 0.247 e. The maximum absolute atomic E-state index is 13.1. The molecule has 7 nitrogen and oxygen atoms in total. The molecule has 0 saturated carbocycles. The molecular formula is C22H26ClN3O4. The van der Waals surface area contributed by atoms with E-state index in [9.17, 15) is 19.2 Å². The number of carbonyl (C=O) groups is 4. The molecule has 4 amide bonds. The fourth-order valence-corrected chi connectivity index (χ4v) is 4.25. The topological polar surface area (TPSA) is 95.6 Å². The van der Waals surface area contributed by atoms with Gasteiger partial charge in [-0.2, -0.15) is 0 Å². The number of imide groups is 1. The van der Waals surface area contributed by atoms with Crippen LogP contribution < -0.4 is 10.6 Å². The third-order valence-corrected chi connectivity index (χ3v) is 5.71. The number of fused-ring (bicyclic) bond motifs is 1. The Morgan fingerprint density at radius 1 is 1.10 bits per heavy atom. The Hall–Kier alpha value is -2.67. The Bertz CT molecular complexity index is 886. The predicted molar refractivity (Wildman–Crippen MR) is 115 cm³/mol. The fraction of sp³-hybridized carbons (Fsp3) is 0.455. The van der Waals surface area contributed by atoms with Gasteiger partial charge in [0, 0.05) is 12.6 Å². The first-order chi connectivity index (χ1) is 14.2. The quantitative estimate of drug-likeness (QED) is 0.531. The molecule has 3 unspecified atom stereocenters. The highest BCUT2D eigenvalue weighted by molar-refractivity contribution is 6.34. The van der Waals surface area contributed by atoms with E-state index in [-0.39, 0.29) is 40.5 Å². The zero-order valence-corrected chi connectivity index (χ0v) is 18.0. The molecule has 3 atom stereocenters. The summed E-state index contributed by atoms with van der Waals surface area (Å²) in [5.41, 5.74) is 0.855. The first kappa shape index (κ1) is 22.0. The van der Waals surface area contributed by atoms with Crippen LogP contribution in [0.15, 0.2) is 30.4 Å². The van der Waals surface area contributed by atoms with E-state index < -0.39 is 11.9 Å². The number of benzene rings is 1. The number of anilines is 2. The van der Waals surface area contributed by atoms with E-state index in [4.69, 9.17) is 11.6 Å². The Labute approximate surface area is 180 Å². The largest absolute Gasteiger partial charge is 0.325 e. The van der Waals surface area contributed by atoms with Crippen molar-refractivity contribution in [1.29, 1.82) is 0 Å². The van der Waals surface area contributed by atoms with Crippen LogP contribution in [0.5, 0.6) is 0 Å². The van der Waals surface area contributed by atoms with Crippen LogP contribution in [-0.4, -0.2) is 34.6 Å². The number of amides is 4. The van der Waals surface area contributed by atoms with Gasteiger partial charge in [0.05, 0.1) is 22.5 Å². The Morgan fingerprint density at radius 2 is 1.70 bits per heavy atom. The van der Waals surface area contributed by atoms with Crippen molar-refractivity contribution in [1.82, 2.24) is 4.90 Å². The third-order valence-electron chi connectivity index (χ3n) is 5.40. The summed E-state index contributed by atoms with van der Waals surface area (Å²) in [6, 6.07) is 3.83. The molecule has 0 radical (unpaired) electrons. The second-order valence-electron chi connectivity index (χ2n) is 8.21. The maximum atomic E-state index is 13.1. The number of carbonyl (C=O) groups excluding carboxylic acids is 4. The first-order valence-corrected chi connectivity index (χ1v) is 10.5. The van der Waals surface area contributed by atoms with Gasteiger partial charge < -0.3 is 10.6 Å². The standard InChI is InChI=1S/C22H26ClN3O4/c1-12(2)10-19(26-21(29)15-6-4-5-7-16(15)22(26)30)20(28)25-14-8-9-18(17(23)11-14)24-13(3)27/h4-5,8-9,11-12,15-16,19H,6-7,10H2,1-3H3,(H,24,27)(H,25,28). The second kappa shape index (κ2) is 9.00. The van der Waals surface area contributed by atoms with Gasteiger partial charge >= 0.3 is 0 Å². The zero-order valence-electron chi connectivity index (χ0n) is 17.3. The van der Waals surface area contributed by atoms with E-state index in [1.54, 1.807) is 12.1 Å². The minimum Gasteiger partial charge on any atom is -0.325 e. The van der Waals surface area contributed by atoms with Crippen molar-refractivity contribution >= 4 is 46.6 Å². The average Bonchev–Trinajstić information content (AvgIpc) is 2.92. The van der Waals surface area contributed by atoms with Crippen LogP contribution in [0.3, 0.4) is 0 Å². The van der Waals surface area contributed by atoms with Crippen LogP contribution >= 0.6 is 11.6 Å². The van der Waals surface area contributed by atoms with Crippen molar-refractivity contribution in [2.45, 2.75) is 46.1 Å². The Morgan fingerprint density at radius 3 is 2.20 bits per heavy atom. The number of nitrogens with one attached hydrogen (secondary N) is 2. The van der Waals surface area contributed by atoms with E-state index in [2.05, 4.69) is 10.6 Å². The number of nitrogens with zero attached hydrogens (tertiary/aromatic N) is 1. The van der Waals surface area contributed by atoms with Crippen molar-refractivity contribution in [3.05, 3.63) is 35.4 Å². The average molecular weight is 432 g/mol. The lowest BCUT2D eigenvalue weighted by Crippen LogP contribution is -2.48.